The predicted octanol–water partition coefficient (Wildman–Crippen LogP) is 1.67. The summed E-state index contributed by atoms with van der Waals surface area (Å²) in [4.78, 5) is 38.6. The average molecular weight is 592 g/mol. The minimum absolute atomic E-state index is 0. The summed E-state index contributed by atoms with van der Waals surface area (Å²) in [7, 11) is 1.00. The first kappa shape index (κ1) is 39.6. The van der Waals surface area contributed by atoms with Crippen molar-refractivity contribution in [3.63, 3.8) is 0 Å². The molecule has 42 heavy (non-hydrogen) atoms. The molecular formula is C31H45BN2NaO7. The van der Waals surface area contributed by atoms with Gasteiger partial charge < -0.3 is 30.9 Å². The Hall–Kier alpha value is -2.37. The van der Waals surface area contributed by atoms with Crippen molar-refractivity contribution in [1.82, 2.24) is 9.80 Å². The van der Waals surface area contributed by atoms with E-state index in [9.17, 15) is 19.5 Å². The van der Waals surface area contributed by atoms with Crippen molar-refractivity contribution in [2.45, 2.75) is 70.7 Å². The molecule has 2 aliphatic heterocycles. The Morgan fingerprint density at radius 1 is 0.738 bits per heavy atom. The number of aliphatic hydroxyl groups is 2. The molecule has 2 saturated heterocycles. The van der Waals surface area contributed by atoms with Crippen molar-refractivity contribution in [2.24, 2.45) is 0 Å². The standard InChI is InChI=1S/C15H21NO3.C15H19NO3.CH4O.B.Na.H/c2*17-14-8-4-10-16(11-5-9-14)15(18)19-12-13-6-2-1-3-7-13;1-2;;;/h1-3,6-7,14,17H,4-5,8-12H2;1-3,6-7H,4-5,8-12H2;2H,1H3;;;/q;;;;+1;-1. The molecule has 2 aliphatic rings. The fourth-order valence-corrected chi connectivity index (χ4v) is 4.45. The number of rotatable bonds is 4. The van der Waals surface area contributed by atoms with Gasteiger partial charge in [-0.1, -0.05) is 60.7 Å². The van der Waals surface area contributed by atoms with E-state index in [2.05, 4.69) is 0 Å². The molecule has 2 heterocycles. The van der Waals surface area contributed by atoms with E-state index in [0.29, 0.717) is 58.0 Å². The van der Waals surface area contributed by atoms with Gasteiger partial charge in [0.1, 0.15) is 19.0 Å². The summed E-state index contributed by atoms with van der Waals surface area (Å²) < 4.78 is 10.6. The van der Waals surface area contributed by atoms with Crippen molar-refractivity contribution in [2.75, 3.05) is 33.3 Å². The number of nitrogens with zero attached hydrogens (tertiary/aromatic N) is 2. The molecule has 225 valence electrons. The Kier molecular flexibility index (Phi) is 22.8. The van der Waals surface area contributed by atoms with Crippen LogP contribution >= 0.6 is 0 Å². The first-order valence-corrected chi connectivity index (χ1v) is 14.1. The third-order valence-electron chi connectivity index (χ3n) is 6.62. The Morgan fingerprint density at radius 3 is 1.48 bits per heavy atom. The summed E-state index contributed by atoms with van der Waals surface area (Å²) >= 11 is 0. The number of hydrogen-bond donors (Lipinski definition) is 2. The molecule has 3 radical (unpaired) electrons. The van der Waals surface area contributed by atoms with E-state index in [0.717, 1.165) is 56.8 Å². The van der Waals surface area contributed by atoms with Crippen LogP contribution in [-0.2, 0) is 27.5 Å². The van der Waals surface area contributed by atoms with Gasteiger partial charge in [-0.25, -0.2) is 9.59 Å². The normalized spacial score (nSPS) is 15.6. The first-order chi connectivity index (χ1) is 19.5. The molecule has 2 aromatic rings. The molecule has 9 nitrogen and oxygen atoms in total. The summed E-state index contributed by atoms with van der Waals surface area (Å²) in [5, 5.41) is 16.6. The Bertz CT molecular complexity index is 986. The van der Waals surface area contributed by atoms with Gasteiger partial charge in [0.25, 0.3) is 0 Å². The maximum absolute atomic E-state index is 12.0. The van der Waals surface area contributed by atoms with Crippen molar-refractivity contribution < 1.29 is 65.1 Å². The molecular weight excluding hydrogens is 546 g/mol. The summed E-state index contributed by atoms with van der Waals surface area (Å²) in [6.45, 7) is 3.18. The van der Waals surface area contributed by atoms with Gasteiger partial charge in [-0.05, 0) is 49.7 Å². The number of hydrogen-bond acceptors (Lipinski definition) is 7. The number of aliphatic hydroxyl groups excluding tert-OH is 2. The Morgan fingerprint density at radius 2 is 1.10 bits per heavy atom. The van der Waals surface area contributed by atoms with Crippen LogP contribution < -0.4 is 29.6 Å². The molecule has 0 unspecified atom stereocenters. The Balaban J connectivity index is 0. The van der Waals surface area contributed by atoms with E-state index in [1.165, 1.54) is 0 Å². The summed E-state index contributed by atoms with van der Waals surface area (Å²) in [6, 6.07) is 19.3. The summed E-state index contributed by atoms with van der Waals surface area (Å²) in [5.41, 5.74) is 1.98. The Labute approximate surface area is 275 Å². The number of Topliss-reactive ketones (excluding diaryl/α,β-unsaturated/α-hetero) is 1. The number of carbonyl (C=O) groups excluding carboxylic acids is 3. The van der Waals surface area contributed by atoms with Crippen LogP contribution in [-0.4, -0.2) is 85.8 Å². The number of amides is 2. The van der Waals surface area contributed by atoms with Crippen LogP contribution in [0.1, 0.15) is 63.9 Å². The number of ether oxygens (including phenoxy) is 2. The van der Waals surface area contributed by atoms with E-state index in [-0.39, 0.29) is 57.7 Å². The molecule has 11 heteroatoms. The predicted molar refractivity (Wildman–Crippen MR) is 159 cm³/mol. The molecule has 2 amide bonds. The second kappa shape index (κ2) is 24.1. The fourth-order valence-electron chi connectivity index (χ4n) is 4.45. The summed E-state index contributed by atoms with van der Waals surface area (Å²) in [6.07, 6.45) is 5.08. The van der Waals surface area contributed by atoms with Crippen LogP contribution in [0.5, 0.6) is 0 Å². The summed E-state index contributed by atoms with van der Waals surface area (Å²) in [5.74, 6) is 0.303. The molecule has 0 bridgehead atoms. The van der Waals surface area contributed by atoms with Crippen LogP contribution in [0.3, 0.4) is 0 Å². The molecule has 0 aliphatic carbocycles. The SMILES string of the molecule is CO.O=C(OCc1ccccc1)N1CCCC(O)CCC1.O=C1CCCN(C(=O)OCc2ccccc2)CCC1.[B].[H-].[Na+]. The van der Waals surface area contributed by atoms with Crippen LogP contribution in [0.2, 0.25) is 0 Å². The van der Waals surface area contributed by atoms with E-state index in [4.69, 9.17) is 14.6 Å². The van der Waals surface area contributed by atoms with E-state index >= 15 is 0 Å². The number of benzene rings is 2. The van der Waals surface area contributed by atoms with Crippen molar-refractivity contribution in [3.8, 4) is 0 Å². The van der Waals surface area contributed by atoms with Crippen LogP contribution in [0.4, 0.5) is 9.59 Å². The topological polar surface area (TPSA) is 117 Å². The zero-order valence-corrected chi connectivity index (χ0v) is 27.2. The van der Waals surface area contributed by atoms with Gasteiger partial charge in [-0.3, -0.25) is 4.79 Å². The zero-order valence-electron chi connectivity index (χ0n) is 26.2. The van der Waals surface area contributed by atoms with Crippen LogP contribution in [0.25, 0.3) is 0 Å². The molecule has 0 saturated carbocycles. The second-order valence-electron chi connectivity index (χ2n) is 9.74. The first-order valence-electron chi connectivity index (χ1n) is 14.1. The van der Waals surface area contributed by atoms with Crippen molar-refractivity contribution in [3.05, 3.63) is 71.8 Å². The monoisotopic (exact) mass is 591 g/mol. The van der Waals surface area contributed by atoms with Gasteiger partial charge in [-0.15, -0.1) is 0 Å². The van der Waals surface area contributed by atoms with Gasteiger partial charge in [0.05, 0.1) is 6.10 Å². The van der Waals surface area contributed by atoms with E-state index < -0.39 is 0 Å². The van der Waals surface area contributed by atoms with Gasteiger partial charge in [0.15, 0.2) is 0 Å². The maximum Gasteiger partial charge on any atom is 1.00 e. The van der Waals surface area contributed by atoms with Gasteiger partial charge in [-0.2, -0.15) is 0 Å². The van der Waals surface area contributed by atoms with Crippen molar-refractivity contribution >= 4 is 26.4 Å². The third kappa shape index (κ3) is 16.3. The largest absolute Gasteiger partial charge is 1.00 e. The van der Waals surface area contributed by atoms with Crippen LogP contribution in [0, 0.1) is 0 Å². The molecule has 2 N–H and O–H groups in total. The van der Waals surface area contributed by atoms with Gasteiger partial charge >= 0.3 is 41.7 Å². The molecule has 2 fully saturated rings. The minimum Gasteiger partial charge on any atom is -1.00 e. The zero-order chi connectivity index (χ0) is 29.0. The molecule has 2 aromatic carbocycles. The van der Waals surface area contributed by atoms with E-state index in [1.54, 1.807) is 9.80 Å². The number of likely N-dealkylation sites (tertiary alicyclic amines) is 2. The van der Waals surface area contributed by atoms with Gasteiger partial charge in [0, 0.05) is 54.5 Å². The average Bonchev–Trinajstić information content (AvgIpc) is 2.96. The molecule has 4 rings (SSSR count). The minimum atomic E-state index is -0.279. The van der Waals surface area contributed by atoms with E-state index in [1.807, 2.05) is 60.7 Å². The fraction of sp³-hybridized carbons (Fsp3) is 0.516. The molecule has 0 spiro atoms. The molecule has 0 atom stereocenters. The number of carbonyl (C=O) groups is 3. The maximum atomic E-state index is 12.0. The smallest absolute Gasteiger partial charge is 1.00 e. The third-order valence-corrected chi connectivity index (χ3v) is 6.62. The van der Waals surface area contributed by atoms with Crippen LogP contribution in [0.15, 0.2) is 60.7 Å². The van der Waals surface area contributed by atoms with Gasteiger partial charge in [0.2, 0.25) is 0 Å². The number of ketones is 1. The second-order valence-corrected chi connectivity index (χ2v) is 9.74. The molecule has 0 aromatic heterocycles. The van der Waals surface area contributed by atoms with Crippen molar-refractivity contribution in [1.29, 1.82) is 0 Å². The quantitative estimate of drug-likeness (QED) is 0.520.